The van der Waals surface area contributed by atoms with E-state index >= 15 is 0 Å². The van der Waals surface area contributed by atoms with Crippen molar-refractivity contribution in [3.63, 3.8) is 0 Å². The van der Waals surface area contributed by atoms with Crippen molar-refractivity contribution >= 4 is 5.97 Å². The lowest BCUT2D eigenvalue weighted by atomic mass is 10.1. The number of carbonyl (C=O) groups excluding carboxylic acids is 1. The fourth-order valence-corrected chi connectivity index (χ4v) is 3.40. The van der Waals surface area contributed by atoms with Crippen molar-refractivity contribution in [3.05, 3.63) is 83.7 Å². The van der Waals surface area contributed by atoms with Gasteiger partial charge in [-0.25, -0.2) is 0 Å². The van der Waals surface area contributed by atoms with E-state index in [0.29, 0.717) is 13.0 Å². The predicted octanol–water partition coefficient (Wildman–Crippen LogP) is 3.95. The Labute approximate surface area is 164 Å². The number of hydrogen-bond donors (Lipinski definition) is 0. The quantitative estimate of drug-likeness (QED) is 0.559. The number of carbonyl (C=O) groups is 1. The van der Waals surface area contributed by atoms with Crippen LogP contribution in [0, 0.1) is 0 Å². The molecule has 0 saturated carbocycles. The molecule has 0 radical (unpaired) electrons. The highest BCUT2D eigenvalue weighted by Gasteiger charge is 2.23. The first-order valence-electron chi connectivity index (χ1n) is 9.72. The molecule has 144 valence electrons. The van der Waals surface area contributed by atoms with E-state index < -0.39 is 0 Å². The molecule has 1 aliphatic heterocycles. The summed E-state index contributed by atoms with van der Waals surface area (Å²) in [5.41, 5.74) is 3.33. The summed E-state index contributed by atoms with van der Waals surface area (Å²) in [6.07, 6.45) is 4.99. The van der Waals surface area contributed by atoms with Crippen molar-refractivity contribution in [1.29, 1.82) is 0 Å². The average molecular weight is 376 g/mol. The van der Waals surface area contributed by atoms with Crippen molar-refractivity contribution in [2.75, 3.05) is 0 Å². The number of aryl methyl sites for hydroxylation is 2. The molecule has 1 unspecified atom stereocenters. The summed E-state index contributed by atoms with van der Waals surface area (Å²) in [5.74, 6) is 0.709. The molecule has 4 rings (SSSR count). The van der Waals surface area contributed by atoms with Gasteiger partial charge in [0.1, 0.15) is 18.5 Å². The van der Waals surface area contributed by atoms with Crippen LogP contribution in [0.25, 0.3) is 0 Å². The van der Waals surface area contributed by atoms with Crippen LogP contribution >= 0.6 is 0 Å². The van der Waals surface area contributed by atoms with E-state index in [1.54, 1.807) is 0 Å². The highest BCUT2D eigenvalue weighted by molar-refractivity contribution is 5.71. The molecule has 28 heavy (non-hydrogen) atoms. The van der Waals surface area contributed by atoms with E-state index in [1.807, 2.05) is 47.3 Å². The Bertz CT molecular complexity index is 920. The second-order valence-corrected chi connectivity index (χ2v) is 7.10. The van der Waals surface area contributed by atoms with Gasteiger partial charge in [0.2, 0.25) is 0 Å². The lowest BCUT2D eigenvalue weighted by Crippen LogP contribution is -2.10. The largest absolute Gasteiger partial charge is 0.487 e. The number of cyclic esters (lactones) is 1. The molecule has 2 aromatic carbocycles. The lowest BCUT2D eigenvalue weighted by Gasteiger charge is -2.11. The molecule has 1 aromatic heterocycles. The van der Waals surface area contributed by atoms with E-state index in [2.05, 4.69) is 29.4 Å². The molecular weight excluding hydrogens is 352 g/mol. The second kappa shape index (κ2) is 8.74. The fraction of sp³-hybridized carbons (Fsp3) is 0.304. The van der Waals surface area contributed by atoms with Gasteiger partial charge in [0.05, 0.1) is 5.69 Å². The molecular formula is C23H24N2O3. The maximum Gasteiger partial charge on any atom is 0.306 e. The van der Waals surface area contributed by atoms with Crippen LogP contribution < -0.4 is 4.74 Å². The minimum absolute atomic E-state index is 0.0111. The van der Waals surface area contributed by atoms with Gasteiger partial charge in [-0.1, -0.05) is 42.5 Å². The molecule has 2 heterocycles. The summed E-state index contributed by atoms with van der Waals surface area (Å²) in [5, 5.41) is 4.59. The molecule has 1 fully saturated rings. The molecule has 1 atom stereocenters. The zero-order valence-corrected chi connectivity index (χ0v) is 15.8. The van der Waals surface area contributed by atoms with Gasteiger partial charge in [-0.15, -0.1) is 0 Å². The Kier molecular flexibility index (Phi) is 5.71. The molecule has 1 saturated heterocycles. The van der Waals surface area contributed by atoms with Crippen LogP contribution in [0.4, 0.5) is 0 Å². The molecule has 0 aliphatic carbocycles. The molecule has 1 aliphatic rings. The van der Waals surface area contributed by atoms with E-state index in [1.165, 1.54) is 5.56 Å². The average Bonchev–Trinajstić information content (AvgIpc) is 3.35. The van der Waals surface area contributed by atoms with Gasteiger partial charge in [-0.2, -0.15) is 5.10 Å². The van der Waals surface area contributed by atoms with Crippen LogP contribution in [-0.2, 0) is 35.5 Å². The normalized spacial score (nSPS) is 16.1. The SMILES string of the molecule is O=C1CCC(Cc2cccc(OCc3ccn(CCc4ccccc4)n3)c2)O1. The summed E-state index contributed by atoms with van der Waals surface area (Å²) in [6, 6.07) is 20.4. The standard InChI is InChI=1S/C23H24N2O3/c26-23-10-9-22(28-23)16-19-7-4-8-21(15-19)27-17-20-12-14-25(24-20)13-11-18-5-2-1-3-6-18/h1-8,12,14-15,22H,9-11,13,16-17H2. The lowest BCUT2D eigenvalue weighted by molar-refractivity contribution is -0.141. The molecule has 3 aromatic rings. The number of aromatic nitrogens is 2. The van der Waals surface area contributed by atoms with Gasteiger partial charge in [-0.3, -0.25) is 9.48 Å². The topological polar surface area (TPSA) is 53.4 Å². The first-order chi connectivity index (χ1) is 13.7. The molecule has 0 amide bonds. The molecule has 0 N–H and O–H groups in total. The van der Waals surface area contributed by atoms with E-state index in [0.717, 1.165) is 42.8 Å². The van der Waals surface area contributed by atoms with Crippen molar-refractivity contribution < 1.29 is 14.3 Å². The minimum atomic E-state index is -0.0970. The van der Waals surface area contributed by atoms with Crippen LogP contribution in [0.3, 0.4) is 0 Å². The van der Waals surface area contributed by atoms with Gasteiger partial charge in [0, 0.05) is 25.6 Å². The number of rotatable bonds is 8. The summed E-state index contributed by atoms with van der Waals surface area (Å²) < 4.78 is 13.2. The number of ether oxygens (including phenoxy) is 2. The number of esters is 1. The molecule has 5 heteroatoms. The predicted molar refractivity (Wildman–Crippen MR) is 106 cm³/mol. The zero-order valence-electron chi connectivity index (χ0n) is 15.8. The smallest absolute Gasteiger partial charge is 0.306 e. The van der Waals surface area contributed by atoms with Gasteiger partial charge < -0.3 is 9.47 Å². The van der Waals surface area contributed by atoms with Crippen molar-refractivity contribution in [3.8, 4) is 5.75 Å². The molecule has 5 nitrogen and oxygen atoms in total. The molecule has 0 spiro atoms. The molecule has 0 bridgehead atoms. The third-order valence-corrected chi connectivity index (χ3v) is 4.89. The highest BCUT2D eigenvalue weighted by Crippen LogP contribution is 2.21. The maximum absolute atomic E-state index is 11.2. The summed E-state index contributed by atoms with van der Waals surface area (Å²) >= 11 is 0. The van der Waals surface area contributed by atoms with Crippen LogP contribution in [0.1, 0.15) is 29.7 Å². The Balaban J connectivity index is 1.28. The highest BCUT2D eigenvalue weighted by atomic mass is 16.5. The van der Waals surface area contributed by atoms with E-state index in [4.69, 9.17) is 9.47 Å². The summed E-state index contributed by atoms with van der Waals surface area (Å²) in [4.78, 5) is 11.2. The van der Waals surface area contributed by atoms with Crippen LogP contribution in [0.15, 0.2) is 66.9 Å². The van der Waals surface area contributed by atoms with Crippen molar-refractivity contribution in [2.45, 2.75) is 44.9 Å². The summed E-state index contributed by atoms with van der Waals surface area (Å²) in [6.45, 7) is 1.28. The van der Waals surface area contributed by atoms with Gasteiger partial charge in [-0.05, 0) is 42.2 Å². The fourth-order valence-electron chi connectivity index (χ4n) is 3.40. The van der Waals surface area contributed by atoms with E-state index in [9.17, 15) is 4.79 Å². The number of benzene rings is 2. The Hall–Kier alpha value is -3.08. The Morgan fingerprint density at radius 3 is 2.75 bits per heavy atom. The Morgan fingerprint density at radius 1 is 1.07 bits per heavy atom. The van der Waals surface area contributed by atoms with Crippen LogP contribution in [0.2, 0.25) is 0 Å². The van der Waals surface area contributed by atoms with Crippen LogP contribution in [0.5, 0.6) is 5.75 Å². The third-order valence-electron chi connectivity index (χ3n) is 4.89. The number of hydrogen-bond acceptors (Lipinski definition) is 4. The van der Waals surface area contributed by atoms with Gasteiger partial charge in [0.15, 0.2) is 0 Å². The zero-order chi connectivity index (χ0) is 19.2. The van der Waals surface area contributed by atoms with E-state index in [-0.39, 0.29) is 12.1 Å². The summed E-state index contributed by atoms with van der Waals surface area (Å²) in [7, 11) is 0. The second-order valence-electron chi connectivity index (χ2n) is 7.10. The minimum Gasteiger partial charge on any atom is -0.487 e. The van der Waals surface area contributed by atoms with Gasteiger partial charge >= 0.3 is 5.97 Å². The van der Waals surface area contributed by atoms with Gasteiger partial charge in [0.25, 0.3) is 0 Å². The van der Waals surface area contributed by atoms with Crippen LogP contribution in [-0.4, -0.2) is 21.9 Å². The monoisotopic (exact) mass is 376 g/mol. The number of nitrogens with zero attached hydrogens (tertiary/aromatic N) is 2. The maximum atomic E-state index is 11.2. The van der Waals surface area contributed by atoms with Crippen molar-refractivity contribution in [2.24, 2.45) is 0 Å². The van der Waals surface area contributed by atoms with Crippen molar-refractivity contribution in [1.82, 2.24) is 9.78 Å². The first-order valence-corrected chi connectivity index (χ1v) is 9.72. The first kappa shape index (κ1) is 18.3. The third kappa shape index (κ3) is 5.00. The Morgan fingerprint density at radius 2 is 1.93 bits per heavy atom.